The first kappa shape index (κ1) is 22.4. The van der Waals surface area contributed by atoms with Crippen molar-refractivity contribution in [2.45, 2.75) is 43.4 Å². The van der Waals surface area contributed by atoms with E-state index in [1.165, 1.54) is 12.0 Å². The van der Waals surface area contributed by atoms with Crippen LogP contribution in [0.5, 0.6) is 0 Å². The van der Waals surface area contributed by atoms with E-state index in [1.54, 1.807) is 6.92 Å². The molecule has 2 amide bonds. The van der Waals surface area contributed by atoms with Crippen LogP contribution in [-0.2, 0) is 19.1 Å². The molecular weight excluding hydrogens is 436 g/mol. The summed E-state index contributed by atoms with van der Waals surface area (Å²) in [5.74, 6) is -1.37. The molecule has 2 aliphatic heterocycles. The number of methoxy groups -OCH3 is 1. The van der Waals surface area contributed by atoms with Gasteiger partial charge in [-0.1, -0.05) is 48.5 Å². The quantitative estimate of drug-likeness (QED) is 0.653. The van der Waals surface area contributed by atoms with Gasteiger partial charge < -0.3 is 24.8 Å². The van der Waals surface area contributed by atoms with E-state index >= 15 is 0 Å². The fourth-order valence-electron chi connectivity index (χ4n) is 5.72. The maximum absolute atomic E-state index is 13.3. The highest BCUT2D eigenvalue weighted by Crippen LogP contribution is 2.51. The number of carboxylic acid groups (broad SMARTS) is 1. The van der Waals surface area contributed by atoms with Gasteiger partial charge in [0.05, 0.1) is 6.10 Å². The van der Waals surface area contributed by atoms with Crippen LogP contribution in [0.3, 0.4) is 0 Å². The van der Waals surface area contributed by atoms with Crippen molar-refractivity contribution in [3.8, 4) is 11.1 Å². The minimum atomic E-state index is -1.17. The smallest absolute Gasteiger partial charge is 0.407 e. The van der Waals surface area contributed by atoms with Crippen molar-refractivity contribution in [1.82, 2.24) is 10.2 Å². The van der Waals surface area contributed by atoms with Crippen LogP contribution >= 0.6 is 0 Å². The molecule has 2 bridgehead atoms. The summed E-state index contributed by atoms with van der Waals surface area (Å²) < 4.78 is 10.9. The Kier molecular flexibility index (Phi) is 5.56. The summed E-state index contributed by atoms with van der Waals surface area (Å²) in [6, 6.07) is 15.0. The van der Waals surface area contributed by atoms with Gasteiger partial charge in [0.1, 0.15) is 18.2 Å². The minimum absolute atomic E-state index is 0.103. The molecule has 178 valence electrons. The zero-order valence-electron chi connectivity index (χ0n) is 19.2. The van der Waals surface area contributed by atoms with Crippen LogP contribution in [0.4, 0.5) is 4.79 Å². The molecule has 0 radical (unpaired) electrons. The summed E-state index contributed by atoms with van der Waals surface area (Å²) in [7, 11) is 1.45. The van der Waals surface area contributed by atoms with Crippen molar-refractivity contribution in [3.05, 3.63) is 59.7 Å². The molecule has 34 heavy (non-hydrogen) atoms. The molecule has 2 aromatic carbocycles. The SMILES string of the molecule is COC(C)C(NC(=O)OCC1c2ccccc2-c2ccccc21)C(=O)N1CC2CC1(C(=O)O)C2. The van der Waals surface area contributed by atoms with Gasteiger partial charge >= 0.3 is 12.1 Å². The summed E-state index contributed by atoms with van der Waals surface area (Å²) in [5.41, 5.74) is 3.26. The Labute approximate surface area is 197 Å². The zero-order chi connectivity index (χ0) is 24.0. The van der Waals surface area contributed by atoms with Crippen molar-refractivity contribution in [1.29, 1.82) is 0 Å². The van der Waals surface area contributed by atoms with E-state index in [9.17, 15) is 19.5 Å². The summed E-state index contributed by atoms with van der Waals surface area (Å²) in [6.07, 6.45) is -0.489. The second-order valence-electron chi connectivity index (χ2n) is 9.45. The number of ether oxygens (including phenoxy) is 2. The lowest BCUT2D eigenvalue weighted by atomic mass is 9.73. The summed E-state index contributed by atoms with van der Waals surface area (Å²) in [5, 5.41) is 12.4. The molecule has 0 aromatic heterocycles. The van der Waals surface area contributed by atoms with E-state index in [2.05, 4.69) is 17.4 Å². The number of carbonyl (C=O) groups is 3. The van der Waals surface area contributed by atoms with E-state index in [-0.39, 0.29) is 18.4 Å². The average molecular weight is 465 g/mol. The van der Waals surface area contributed by atoms with Crippen molar-refractivity contribution in [2.24, 2.45) is 5.92 Å². The topological polar surface area (TPSA) is 105 Å². The van der Waals surface area contributed by atoms with E-state index in [4.69, 9.17) is 9.47 Å². The highest BCUT2D eigenvalue weighted by Gasteiger charge is 2.63. The first-order chi connectivity index (χ1) is 16.4. The van der Waals surface area contributed by atoms with Gasteiger partial charge in [0.2, 0.25) is 5.91 Å². The van der Waals surface area contributed by atoms with Gasteiger partial charge in [-0.25, -0.2) is 9.59 Å². The average Bonchev–Trinajstić information content (AvgIpc) is 3.49. The van der Waals surface area contributed by atoms with Crippen LogP contribution in [0.15, 0.2) is 48.5 Å². The molecule has 4 aliphatic rings. The third kappa shape index (κ3) is 3.44. The number of carboxylic acids is 1. The number of hydrogen-bond donors (Lipinski definition) is 2. The maximum atomic E-state index is 13.3. The highest BCUT2D eigenvalue weighted by atomic mass is 16.5. The van der Waals surface area contributed by atoms with Crippen LogP contribution in [0.25, 0.3) is 11.1 Å². The van der Waals surface area contributed by atoms with Gasteiger partial charge in [-0.2, -0.15) is 0 Å². The van der Waals surface area contributed by atoms with E-state index < -0.39 is 35.7 Å². The first-order valence-electron chi connectivity index (χ1n) is 11.5. The maximum Gasteiger partial charge on any atom is 0.407 e. The number of carbonyl (C=O) groups excluding carboxylic acids is 2. The van der Waals surface area contributed by atoms with Gasteiger partial charge in [0.15, 0.2) is 0 Å². The Morgan fingerprint density at radius 1 is 1.09 bits per heavy atom. The number of amides is 2. The number of hydrogen-bond acceptors (Lipinski definition) is 5. The summed E-state index contributed by atoms with van der Waals surface area (Å²) in [4.78, 5) is 39.4. The van der Waals surface area contributed by atoms with Crippen LogP contribution in [0.2, 0.25) is 0 Å². The largest absolute Gasteiger partial charge is 0.479 e. The monoisotopic (exact) mass is 464 g/mol. The molecule has 2 atom stereocenters. The molecule has 2 saturated heterocycles. The number of benzene rings is 2. The number of aliphatic carboxylic acids is 1. The molecule has 2 heterocycles. The third-order valence-electron chi connectivity index (χ3n) is 7.60. The standard InChI is InChI=1S/C26H28N2O6/c1-15(33-2)22(23(29)28-13-16-11-26(28,12-16)24(30)31)27-25(32)34-14-21-19-9-5-3-7-17(19)18-8-4-6-10-20(18)21/h3-10,15-16,21-22H,11-14H2,1-2H3,(H,27,32)(H,30,31). The lowest BCUT2D eigenvalue weighted by Gasteiger charge is -2.39. The second-order valence-corrected chi connectivity index (χ2v) is 9.45. The molecule has 1 saturated carbocycles. The Hall–Kier alpha value is -3.39. The number of nitrogens with one attached hydrogen (secondary N) is 1. The second kappa shape index (κ2) is 8.43. The van der Waals surface area contributed by atoms with Gasteiger partial charge in [-0.15, -0.1) is 0 Å². The molecule has 6 rings (SSSR count). The molecule has 2 aromatic rings. The molecular formula is C26H28N2O6. The van der Waals surface area contributed by atoms with Crippen molar-refractivity contribution in [3.63, 3.8) is 0 Å². The van der Waals surface area contributed by atoms with Crippen molar-refractivity contribution < 1.29 is 29.0 Å². The molecule has 8 nitrogen and oxygen atoms in total. The van der Waals surface area contributed by atoms with Crippen molar-refractivity contribution in [2.75, 3.05) is 20.3 Å². The Bertz CT molecular complexity index is 1100. The fraction of sp³-hybridized carbons (Fsp3) is 0.423. The van der Waals surface area contributed by atoms with Gasteiger partial charge in [-0.3, -0.25) is 4.79 Å². The molecule has 0 spiro atoms. The lowest BCUT2D eigenvalue weighted by molar-refractivity contribution is -0.160. The Balaban J connectivity index is 1.29. The summed E-state index contributed by atoms with van der Waals surface area (Å²) in [6.45, 7) is 2.16. The highest BCUT2D eigenvalue weighted by molar-refractivity contribution is 5.93. The third-order valence-corrected chi connectivity index (χ3v) is 7.60. The van der Waals surface area contributed by atoms with Gasteiger partial charge in [0, 0.05) is 19.6 Å². The Morgan fingerprint density at radius 3 is 2.24 bits per heavy atom. The molecule has 2 aliphatic carbocycles. The number of fused-ring (bicyclic) bond motifs is 4. The fourth-order valence-corrected chi connectivity index (χ4v) is 5.72. The van der Waals surface area contributed by atoms with Gasteiger partial charge in [-0.05, 0) is 47.9 Å². The number of alkyl carbamates (subject to hydrolysis) is 1. The zero-order valence-corrected chi connectivity index (χ0v) is 19.2. The predicted octanol–water partition coefficient (Wildman–Crippen LogP) is 3.00. The Morgan fingerprint density at radius 2 is 1.68 bits per heavy atom. The van der Waals surface area contributed by atoms with E-state index in [1.807, 2.05) is 36.4 Å². The van der Waals surface area contributed by atoms with Crippen LogP contribution < -0.4 is 5.32 Å². The first-order valence-corrected chi connectivity index (χ1v) is 11.5. The normalized spacial score (nSPS) is 23.9. The van der Waals surface area contributed by atoms with Crippen LogP contribution in [0.1, 0.15) is 36.8 Å². The van der Waals surface area contributed by atoms with E-state index in [0.717, 1.165) is 22.3 Å². The predicted molar refractivity (Wildman–Crippen MR) is 123 cm³/mol. The minimum Gasteiger partial charge on any atom is -0.479 e. The molecule has 3 fully saturated rings. The number of nitrogens with zero attached hydrogens (tertiary/aromatic N) is 1. The summed E-state index contributed by atoms with van der Waals surface area (Å²) >= 11 is 0. The number of rotatable bonds is 7. The molecule has 2 N–H and O–H groups in total. The van der Waals surface area contributed by atoms with E-state index in [0.29, 0.717) is 19.4 Å². The molecule has 8 heteroatoms. The lowest BCUT2D eigenvalue weighted by Crippen LogP contribution is -2.61. The van der Waals surface area contributed by atoms with Crippen LogP contribution in [-0.4, -0.2) is 65.9 Å². The van der Waals surface area contributed by atoms with Gasteiger partial charge in [0.25, 0.3) is 0 Å². The van der Waals surface area contributed by atoms with Crippen LogP contribution in [0, 0.1) is 5.92 Å². The molecule has 2 unspecified atom stereocenters. The van der Waals surface area contributed by atoms with Crippen molar-refractivity contribution >= 4 is 18.0 Å².